The summed E-state index contributed by atoms with van der Waals surface area (Å²) in [5.74, 6) is 1.51. The predicted molar refractivity (Wildman–Crippen MR) is 64.7 cm³/mol. The molecule has 2 N–H and O–H groups in total. The van der Waals surface area contributed by atoms with E-state index in [-0.39, 0.29) is 0 Å². The Morgan fingerprint density at radius 2 is 2.18 bits per heavy atom. The van der Waals surface area contributed by atoms with E-state index in [0.717, 1.165) is 30.0 Å². The molecule has 0 amide bonds. The summed E-state index contributed by atoms with van der Waals surface area (Å²) in [5, 5.41) is 10.2. The summed E-state index contributed by atoms with van der Waals surface area (Å²) >= 11 is 6.04. The highest BCUT2D eigenvalue weighted by atomic mass is 35.5. The van der Waals surface area contributed by atoms with E-state index in [1.165, 1.54) is 12.7 Å². The highest BCUT2D eigenvalue weighted by molar-refractivity contribution is 6.30. The fourth-order valence-electron chi connectivity index (χ4n) is 1.50. The van der Waals surface area contributed by atoms with Gasteiger partial charge in [-0.3, -0.25) is 5.10 Å². The van der Waals surface area contributed by atoms with Crippen molar-refractivity contribution in [1.82, 2.24) is 25.1 Å². The Morgan fingerprint density at radius 3 is 2.88 bits per heavy atom. The summed E-state index contributed by atoms with van der Waals surface area (Å²) in [6.07, 6.45) is 4.75. The van der Waals surface area contributed by atoms with Crippen LogP contribution in [0.1, 0.15) is 24.7 Å². The van der Waals surface area contributed by atoms with Gasteiger partial charge in [0, 0.05) is 5.56 Å². The average molecular weight is 253 g/mol. The highest BCUT2D eigenvalue weighted by Crippen LogP contribution is 2.21. The van der Waals surface area contributed by atoms with Crippen LogP contribution in [0.25, 0.3) is 0 Å². The fraction of sp³-hybridized carbons (Fsp3) is 0.400. The maximum Gasteiger partial charge on any atom is 0.143 e. The minimum Gasteiger partial charge on any atom is -0.362 e. The molecule has 90 valence electrons. The van der Waals surface area contributed by atoms with Gasteiger partial charge in [-0.25, -0.2) is 15.0 Å². The van der Waals surface area contributed by atoms with Crippen LogP contribution in [-0.2, 0) is 13.0 Å². The molecule has 2 aromatic rings. The topological polar surface area (TPSA) is 79.4 Å². The van der Waals surface area contributed by atoms with Crippen molar-refractivity contribution in [2.45, 2.75) is 26.3 Å². The molecule has 0 saturated carbocycles. The van der Waals surface area contributed by atoms with Crippen LogP contribution < -0.4 is 5.32 Å². The van der Waals surface area contributed by atoms with E-state index in [1.54, 1.807) is 0 Å². The number of rotatable bonds is 5. The summed E-state index contributed by atoms with van der Waals surface area (Å²) in [6, 6.07) is 0. The van der Waals surface area contributed by atoms with Crippen molar-refractivity contribution in [3.05, 3.63) is 29.2 Å². The van der Waals surface area contributed by atoms with Crippen LogP contribution in [0, 0.1) is 0 Å². The first-order valence-corrected chi connectivity index (χ1v) is 5.76. The summed E-state index contributed by atoms with van der Waals surface area (Å²) in [4.78, 5) is 12.2. The number of hydrogen-bond donors (Lipinski definition) is 2. The number of aromatic nitrogens is 5. The van der Waals surface area contributed by atoms with Gasteiger partial charge in [0.15, 0.2) is 0 Å². The van der Waals surface area contributed by atoms with E-state index < -0.39 is 0 Å². The summed E-state index contributed by atoms with van der Waals surface area (Å²) in [7, 11) is 0. The van der Waals surface area contributed by atoms with E-state index in [9.17, 15) is 0 Å². The van der Waals surface area contributed by atoms with Gasteiger partial charge in [0.2, 0.25) is 0 Å². The first-order chi connectivity index (χ1) is 8.31. The van der Waals surface area contributed by atoms with Gasteiger partial charge in [0.1, 0.15) is 29.5 Å². The molecule has 0 unspecified atom stereocenters. The number of hydrogen-bond acceptors (Lipinski definition) is 5. The van der Waals surface area contributed by atoms with Gasteiger partial charge in [0.05, 0.1) is 6.54 Å². The van der Waals surface area contributed by atoms with Crippen LogP contribution in [-0.4, -0.2) is 25.1 Å². The lowest BCUT2D eigenvalue weighted by Crippen LogP contribution is -2.07. The van der Waals surface area contributed by atoms with E-state index >= 15 is 0 Å². The first kappa shape index (κ1) is 11.8. The largest absolute Gasteiger partial charge is 0.362 e. The van der Waals surface area contributed by atoms with E-state index in [1.807, 2.05) is 0 Å². The first-order valence-electron chi connectivity index (χ1n) is 5.38. The van der Waals surface area contributed by atoms with E-state index in [4.69, 9.17) is 11.6 Å². The van der Waals surface area contributed by atoms with Crippen molar-refractivity contribution in [3.8, 4) is 0 Å². The summed E-state index contributed by atoms with van der Waals surface area (Å²) in [6.45, 7) is 2.62. The molecule has 0 aliphatic carbocycles. The summed E-state index contributed by atoms with van der Waals surface area (Å²) in [5.41, 5.74) is 0.941. The quantitative estimate of drug-likeness (QED) is 0.794. The Labute approximate surface area is 104 Å². The van der Waals surface area contributed by atoms with Crippen molar-refractivity contribution < 1.29 is 0 Å². The minimum atomic E-state index is 0.502. The van der Waals surface area contributed by atoms with Gasteiger partial charge in [-0.05, 0) is 6.42 Å². The van der Waals surface area contributed by atoms with Crippen LogP contribution in [0.4, 0.5) is 5.82 Å². The van der Waals surface area contributed by atoms with Crippen LogP contribution >= 0.6 is 11.6 Å². The highest BCUT2D eigenvalue weighted by Gasteiger charge is 2.09. The molecule has 2 rings (SSSR count). The Bertz CT molecular complexity index is 470. The van der Waals surface area contributed by atoms with Gasteiger partial charge >= 0.3 is 0 Å². The lowest BCUT2D eigenvalue weighted by molar-refractivity contribution is 0.887. The molecule has 0 atom stereocenters. The smallest absolute Gasteiger partial charge is 0.143 e. The Balaban J connectivity index is 2.11. The monoisotopic (exact) mass is 252 g/mol. The van der Waals surface area contributed by atoms with Crippen LogP contribution in [0.2, 0.25) is 5.15 Å². The number of H-pyrrole nitrogens is 1. The molecule has 0 fully saturated rings. The molecular weight excluding hydrogens is 240 g/mol. The number of halogens is 1. The van der Waals surface area contributed by atoms with Gasteiger partial charge in [0.25, 0.3) is 0 Å². The molecule has 0 spiro atoms. The fourth-order valence-corrected chi connectivity index (χ4v) is 1.73. The maximum atomic E-state index is 6.04. The lowest BCUT2D eigenvalue weighted by atomic mass is 10.2. The third kappa shape index (κ3) is 2.91. The molecule has 17 heavy (non-hydrogen) atoms. The van der Waals surface area contributed by atoms with Gasteiger partial charge in [-0.1, -0.05) is 24.9 Å². The lowest BCUT2D eigenvalue weighted by Gasteiger charge is -2.09. The zero-order chi connectivity index (χ0) is 12.1. The van der Waals surface area contributed by atoms with Crippen molar-refractivity contribution >= 4 is 17.4 Å². The molecule has 0 bridgehead atoms. The van der Waals surface area contributed by atoms with Crippen molar-refractivity contribution in [3.63, 3.8) is 0 Å². The molecule has 0 aliphatic rings. The number of nitrogens with one attached hydrogen (secondary N) is 2. The molecule has 7 heteroatoms. The summed E-state index contributed by atoms with van der Waals surface area (Å²) < 4.78 is 0. The predicted octanol–water partition coefficient (Wildman–Crippen LogP) is 1.81. The Kier molecular flexibility index (Phi) is 3.87. The third-order valence-electron chi connectivity index (χ3n) is 2.28. The molecule has 2 heterocycles. The second-order valence-corrected chi connectivity index (χ2v) is 3.89. The second kappa shape index (κ2) is 5.58. The standard InChI is InChI=1S/C10H13ClN6/c1-2-3-7-9(11)14-5-15-10(7)12-4-8-13-6-16-17-8/h5-6H,2-4H2,1H3,(H,12,14,15)(H,13,16,17). The normalized spacial score (nSPS) is 10.5. The third-order valence-corrected chi connectivity index (χ3v) is 2.61. The van der Waals surface area contributed by atoms with Gasteiger partial charge in [-0.2, -0.15) is 5.10 Å². The van der Waals surface area contributed by atoms with Gasteiger partial charge in [-0.15, -0.1) is 0 Å². The number of anilines is 1. The maximum absolute atomic E-state index is 6.04. The Hall–Kier alpha value is -1.69. The minimum absolute atomic E-state index is 0.502. The molecule has 2 aromatic heterocycles. The Morgan fingerprint density at radius 1 is 1.29 bits per heavy atom. The van der Waals surface area contributed by atoms with Crippen LogP contribution in [0.3, 0.4) is 0 Å². The van der Waals surface area contributed by atoms with Crippen molar-refractivity contribution in [2.75, 3.05) is 5.32 Å². The van der Waals surface area contributed by atoms with Crippen LogP contribution in [0.5, 0.6) is 0 Å². The SMILES string of the molecule is CCCc1c(Cl)ncnc1NCc1ncn[nH]1. The van der Waals surface area contributed by atoms with Crippen molar-refractivity contribution in [2.24, 2.45) is 0 Å². The molecule has 0 aromatic carbocycles. The zero-order valence-corrected chi connectivity index (χ0v) is 10.2. The molecule has 0 aliphatic heterocycles. The van der Waals surface area contributed by atoms with Crippen molar-refractivity contribution in [1.29, 1.82) is 0 Å². The molecule has 0 saturated heterocycles. The molecule has 0 radical (unpaired) electrons. The van der Waals surface area contributed by atoms with E-state index in [2.05, 4.69) is 37.4 Å². The zero-order valence-electron chi connectivity index (χ0n) is 9.44. The number of aromatic amines is 1. The average Bonchev–Trinajstić information content (AvgIpc) is 2.83. The van der Waals surface area contributed by atoms with Gasteiger partial charge < -0.3 is 5.32 Å². The van der Waals surface area contributed by atoms with Crippen LogP contribution in [0.15, 0.2) is 12.7 Å². The molecule has 6 nitrogen and oxygen atoms in total. The number of nitrogens with zero attached hydrogens (tertiary/aromatic N) is 4. The van der Waals surface area contributed by atoms with E-state index in [0.29, 0.717) is 11.7 Å². The molecular formula is C10H13ClN6. The second-order valence-electron chi connectivity index (χ2n) is 3.53.